The Morgan fingerprint density at radius 1 is 0.842 bits per heavy atom. The van der Waals surface area contributed by atoms with Crippen LogP contribution in [0.25, 0.3) is 21.5 Å². The summed E-state index contributed by atoms with van der Waals surface area (Å²) >= 11 is 0. The van der Waals surface area contributed by atoms with Crippen LogP contribution in [0.1, 0.15) is 18.4 Å². The average molecular weight is 505 g/mol. The van der Waals surface area contributed by atoms with Gasteiger partial charge in [0.1, 0.15) is 0 Å². The molecule has 0 amide bonds. The van der Waals surface area contributed by atoms with Crippen molar-refractivity contribution in [3.8, 4) is 0 Å². The van der Waals surface area contributed by atoms with Gasteiger partial charge in [0.2, 0.25) is 17.8 Å². The Kier molecular flexibility index (Phi) is 6.19. The van der Waals surface area contributed by atoms with Crippen LogP contribution in [0.4, 0.5) is 29.2 Å². The monoisotopic (exact) mass is 504 g/mol. The summed E-state index contributed by atoms with van der Waals surface area (Å²) in [5, 5.41) is 23.1. The predicted molar refractivity (Wildman–Crippen MR) is 150 cm³/mol. The van der Waals surface area contributed by atoms with Gasteiger partial charge in [0.25, 0.3) is 5.69 Å². The minimum atomic E-state index is -0.433. The molecule has 2 N–H and O–H groups in total. The molecule has 1 aliphatic rings. The van der Waals surface area contributed by atoms with Crippen molar-refractivity contribution in [3.63, 3.8) is 0 Å². The van der Waals surface area contributed by atoms with Crippen LogP contribution in [-0.4, -0.2) is 39.2 Å². The summed E-state index contributed by atoms with van der Waals surface area (Å²) in [6, 6.07) is 24.7. The highest BCUT2D eigenvalue weighted by molar-refractivity contribution is 6.13. The van der Waals surface area contributed by atoms with E-state index in [2.05, 4.69) is 66.0 Å². The highest BCUT2D eigenvalue weighted by atomic mass is 16.6. The third kappa shape index (κ3) is 4.79. The Morgan fingerprint density at radius 2 is 1.47 bits per heavy atom. The molecule has 0 radical (unpaired) electrons. The molecule has 0 atom stereocenters. The smallest absolute Gasteiger partial charge is 0.269 e. The quantitative estimate of drug-likeness (QED) is 0.122. The first kappa shape index (κ1) is 23.3. The summed E-state index contributed by atoms with van der Waals surface area (Å²) < 4.78 is 0. The number of nitrogens with one attached hydrogen (secondary N) is 2. The van der Waals surface area contributed by atoms with Crippen molar-refractivity contribution >= 4 is 57.0 Å². The van der Waals surface area contributed by atoms with Crippen molar-refractivity contribution in [3.05, 3.63) is 94.5 Å². The molecule has 10 heteroatoms. The van der Waals surface area contributed by atoms with Crippen LogP contribution in [0, 0.1) is 10.1 Å². The molecule has 0 bridgehead atoms. The van der Waals surface area contributed by atoms with Crippen LogP contribution in [0.2, 0.25) is 0 Å². The van der Waals surface area contributed by atoms with Gasteiger partial charge in [0.05, 0.1) is 11.1 Å². The minimum Gasteiger partial charge on any atom is -0.341 e. The van der Waals surface area contributed by atoms with Crippen LogP contribution in [0.5, 0.6) is 0 Å². The van der Waals surface area contributed by atoms with Gasteiger partial charge >= 0.3 is 0 Å². The predicted octanol–water partition coefficient (Wildman–Crippen LogP) is 5.88. The summed E-state index contributed by atoms with van der Waals surface area (Å²) in [5.41, 5.74) is 4.64. The molecule has 188 valence electrons. The maximum atomic E-state index is 11.0. The normalized spacial score (nSPS) is 13.4. The summed E-state index contributed by atoms with van der Waals surface area (Å²) in [6.07, 6.45) is 3.95. The largest absolute Gasteiger partial charge is 0.341 e. The minimum absolute atomic E-state index is 0.0154. The van der Waals surface area contributed by atoms with Crippen LogP contribution in [0.3, 0.4) is 0 Å². The van der Waals surface area contributed by atoms with E-state index in [0.29, 0.717) is 23.5 Å². The molecule has 0 saturated carbocycles. The fourth-order valence-electron chi connectivity index (χ4n) is 4.67. The number of aromatic nitrogens is 3. The lowest BCUT2D eigenvalue weighted by Crippen LogP contribution is -2.21. The number of hydrogen-bond acceptors (Lipinski definition) is 9. The van der Waals surface area contributed by atoms with Crippen LogP contribution in [-0.2, 0) is 0 Å². The highest BCUT2D eigenvalue weighted by Crippen LogP contribution is 2.27. The molecule has 0 unspecified atom stereocenters. The number of hydrogen-bond donors (Lipinski definition) is 2. The van der Waals surface area contributed by atoms with E-state index in [1.165, 1.54) is 12.1 Å². The lowest BCUT2D eigenvalue weighted by atomic mass is 9.97. The average Bonchev–Trinajstić information content (AvgIpc) is 3.48. The van der Waals surface area contributed by atoms with Crippen LogP contribution < -0.4 is 15.6 Å². The van der Waals surface area contributed by atoms with E-state index in [1.807, 2.05) is 24.3 Å². The molecule has 1 saturated heterocycles. The number of nitro groups is 1. The van der Waals surface area contributed by atoms with Crippen LogP contribution in [0.15, 0.2) is 84.0 Å². The van der Waals surface area contributed by atoms with Crippen molar-refractivity contribution in [2.24, 2.45) is 5.10 Å². The van der Waals surface area contributed by atoms with Gasteiger partial charge < -0.3 is 10.2 Å². The number of fused-ring (bicyclic) bond motifs is 2. The van der Waals surface area contributed by atoms with Crippen molar-refractivity contribution in [2.75, 3.05) is 28.7 Å². The molecule has 5 aromatic rings. The zero-order chi connectivity index (χ0) is 25.9. The number of benzene rings is 4. The van der Waals surface area contributed by atoms with E-state index < -0.39 is 4.92 Å². The molecule has 1 aromatic heterocycles. The first-order valence-corrected chi connectivity index (χ1v) is 12.4. The lowest BCUT2D eigenvalue weighted by molar-refractivity contribution is -0.384. The van der Waals surface area contributed by atoms with E-state index in [0.717, 1.165) is 53.0 Å². The van der Waals surface area contributed by atoms with E-state index in [4.69, 9.17) is 0 Å². The van der Waals surface area contributed by atoms with Gasteiger partial charge in [0.15, 0.2) is 0 Å². The van der Waals surface area contributed by atoms with E-state index in [1.54, 1.807) is 18.3 Å². The zero-order valence-electron chi connectivity index (χ0n) is 20.4. The number of hydrazone groups is 1. The fraction of sp³-hybridized carbons (Fsp3) is 0.143. The van der Waals surface area contributed by atoms with E-state index in [-0.39, 0.29) is 5.69 Å². The van der Waals surface area contributed by atoms with Crippen molar-refractivity contribution < 1.29 is 4.92 Å². The maximum Gasteiger partial charge on any atom is 0.269 e. The van der Waals surface area contributed by atoms with E-state index in [9.17, 15) is 10.1 Å². The van der Waals surface area contributed by atoms with Crippen molar-refractivity contribution in [1.29, 1.82) is 0 Å². The van der Waals surface area contributed by atoms with Gasteiger partial charge in [-0.2, -0.15) is 20.1 Å². The Balaban J connectivity index is 1.32. The van der Waals surface area contributed by atoms with Gasteiger partial charge in [-0.1, -0.05) is 48.5 Å². The molecule has 4 aromatic carbocycles. The molecule has 0 aliphatic carbocycles. The van der Waals surface area contributed by atoms with E-state index >= 15 is 0 Å². The SMILES string of the molecule is O=[N+]([O-])c1ccc(Nc2nc(NN=Cc3c4ccccc4cc4ccccc34)nc(N3CCCC3)n2)cc1. The van der Waals surface area contributed by atoms with Gasteiger partial charge in [-0.05, 0) is 52.6 Å². The highest BCUT2D eigenvalue weighted by Gasteiger charge is 2.18. The first-order chi connectivity index (χ1) is 18.6. The Morgan fingerprint density at radius 3 is 2.13 bits per heavy atom. The number of anilines is 4. The molecule has 38 heavy (non-hydrogen) atoms. The summed E-state index contributed by atoms with van der Waals surface area (Å²) in [6.45, 7) is 1.73. The van der Waals surface area contributed by atoms with Crippen LogP contribution >= 0.6 is 0 Å². The summed E-state index contributed by atoms with van der Waals surface area (Å²) in [5.74, 6) is 1.17. The van der Waals surface area contributed by atoms with Gasteiger partial charge in [0, 0.05) is 36.5 Å². The number of nitro benzene ring substituents is 1. The molecule has 2 heterocycles. The second-order valence-electron chi connectivity index (χ2n) is 9.01. The first-order valence-electron chi connectivity index (χ1n) is 12.4. The second-order valence-corrected chi connectivity index (χ2v) is 9.01. The summed E-state index contributed by atoms with van der Waals surface area (Å²) in [4.78, 5) is 26.3. The fourth-order valence-corrected chi connectivity index (χ4v) is 4.67. The summed E-state index contributed by atoms with van der Waals surface area (Å²) in [7, 11) is 0. The number of non-ortho nitro benzene ring substituents is 1. The standard InChI is InChI=1S/C28H24N8O2/c37-36(38)22-13-11-21(12-14-22)30-26-31-27(33-28(32-26)35-15-5-6-16-35)34-29-18-25-23-9-3-1-7-19(23)17-20-8-2-4-10-24(20)25/h1-4,7-14,17-18H,5-6,15-16H2,(H2,30,31,32,33,34). The topological polar surface area (TPSA) is 121 Å². The molecular formula is C28H24N8O2. The van der Waals surface area contributed by atoms with Gasteiger partial charge in [-0.25, -0.2) is 5.43 Å². The lowest BCUT2D eigenvalue weighted by Gasteiger charge is -2.16. The molecule has 1 fully saturated rings. The third-order valence-corrected chi connectivity index (χ3v) is 6.52. The maximum absolute atomic E-state index is 11.0. The zero-order valence-corrected chi connectivity index (χ0v) is 20.4. The number of nitrogens with zero attached hydrogens (tertiary/aromatic N) is 6. The molecular weight excluding hydrogens is 480 g/mol. The van der Waals surface area contributed by atoms with Crippen molar-refractivity contribution in [2.45, 2.75) is 12.8 Å². The number of rotatable bonds is 7. The third-order valence-electron chi connectivity index (χ3n) is 6.52. The van der Waals surface area contributed by atoms with Gasteiger partial charge in [-0.15, -0.1) is 0 Å². The molecule has 0 spiro atoms. The molecule has 10 nitrogen and oxygen atoms in total. The Labute approximate surface area is 218 Å². The van der Waals surface area contributed by atoms with Crippen molar-refractivity contribution in [1.82, 2.24) is 15.0 Å². The Hall–Kier alpha value is -5.12. The second kappa shape index (κ2) is 10.1. The molecule has 6 rings (SSSR count). The Bertz CT molecular complexity index is 1610. The van der Waals surface area contributed by atoms with Gasteiger partial charge in [-0.3, -0.25) is 10.1 Å². The molecule has 1 aliphatic heterocycles.